The van der Waals surface area contributed by atoms with E-state index in [4.69, 9.17) is 11.6 Å². The summed E-state index contributed by atoms with van der Waals surface area (Å²) in [6.45, 7) is 6.45. The minimum atomic E-state index is -0.359. The summed E-state index contributed by atoms with van der Waals surface area (Å²) in [7, 11) is 0. The van der Waals surface area contributed by atoms with Gasteiger partial charge >= 0.3 is 0 Å². The highest BCUT2D eigenvalue weighted by atomic mass is 35.5. The molecule has 100 valence electrons. The van der Waals surface area contributed by atoms with Crippen molar-refractivity contribution in [2.75, 3.05) is 13.1 Å². The summed E-state index contributed by atoms with van der Waals surface area (Å²) in [6.07, 6.45) is 6.05. The molecule has 1 nitrogen and oxygen atoms in total. The molecule has 0 atom stereocenters. The van der Waals surface area contributed by atoms with Crippen LogP contribution >= 0.6 is 11.6 Å². The zero-order chi connectivity index (χ0) is 13.4. The molecule has 0 bridgehead atoms. The van der Waals surface area contributed by atoms with Crippen LogP contribution in [0.3, 0.4) is 0 Å². The van der Waals surface area contributed by atoms with E-state index in [1.165, 1.54) is 6.07 Å². The average Bonchev–Trinajstić information content (AvgIpc) is 2.32. The molecular formula is C15H21ClFN. The minimum absolute atomic E-state index is 0.194. The van der Waals surface area contributed by atoms with Crippen LogP contribution in [0.1, 0.15) is 25.8 Å². The molecule has 0 aromatic heterocycles. The highest BCUT2D eigenvalue weighted by Gasteiger charge is 1.98. The van der Waals surface area contributed by atoms with Gasteiger partial charge in [-0.2, -0.15) is 0 Å². The zero-order valence-corrected chi connectivity index (χ0v) is 11.8. The number of halogens is 2. The standard InChI is InChI=1S/C15H21ClFN/c1-12(2)11-18-9-5-3-4-6-13-7-8-15(17)14(16)10-13/h3-4,7-8,10,12,18H,5-6,9,11H2,1-2H3/b4-3+. The molecule has 0 aliphatic carbocycles. The van der Waals surface area contributed by atoms with Crippen LogP contribution in [0.15, 0.2) is 30.4 Å². The van der Waals surface area contributed by atoms with Gasteiger partial charge in [0, 0.05) is 0 Å². The highest BCUT2D eigenvalue weighted by Crippen LogP contribution is 2.16. The predicted molar refractivity (Wildman–Crippen MR) is 76.6 cm³/mol. The van der Waals surface area contributed by atoms with E-state index >= 15 is 0 Å². The van der Waals surface area contributed by atoms with Gasteiger partial charge in [0.15, 0.2) is 0 Å². The highest BCUT2D eigenvalue weighted by molar-refractivity contribution is 6.30. The molecule has 1 aromatic carbocycles. The first kappa shape index (κ1) is 15.2. The summed E-state index contributed by atoms with van der Waals surface area (Å²) >= 11 is 5.72. The molecule has 0 amide bonds. The Labute approximate surface area is 114 Å². The molecule has 0 spiro atoms. The van der Waals surface area contributed by atoms with Gasteiger partial charge in [0.05, 0.1) is 5.02 Å². The van der Waals surface area contributed by atoms with Crippen LogP contribution in [0.25, 0.3) is 0 Å². The number of hydrogen-bond acceptors (Lipinski definition) is 1. The summed E-state index contributed by atoms with van der Waals surface area (Å²) in [5, 5.41) is 3.57. The lowest BCUT2D eigenvalue weighted by Gasteiger charge is -2.04. The van der Waals surface area contributed by atoms with Crippen molar-refractivity contribution in [3.05, 3.63) is 46.8 Å². The third kappa shape index (κ3) is 6.18. The Bertz CT molecular complexity index is 388. The predicted octanol–water partition coefficient (Wildman–Crippen LogP) is 4.21. The molecule has 0 radical (unpaired) electrons. The van der Waals surface area contributed by atoms with E-state index in [-0.39, 0.29) is 10.8 Å². The fraction of sp³-hybridized carbons (Fsp3) is 0.467. The van der Waals surface area contributed by atoms with Crippen LogP contribution in [-0.4, -0.2) is 13.1 Å². The maximum absolute atomic E-state index is 12.9. The van der Waals surface area contributed by atoms with Gasteiger partial charge in [0.1, 0.15) is 5.82 Å². The van der Waals surface area contributed by atoms with Gasteiger partial charge in [-0.1, -0.05) is 43.7 Å². The maximum Gasteiger partial charge on any atom is 0.141 e. The summed E-state index contributed by atoms with van der Waals surface area (Å²) in [5.74, 6) is 0.331. The molecule has 0 aliphatic heterocycles. The molecule has 3 heteroatoms. The zero-order valence-electron chi connectivity index (χ0n) is 11.0. The van der Waals surface area contributed by atoms with Crippen LogP contribution < -0.4 is 5.32 Å². The molecule has 0 heterocycles. The first-order valence-electron chi connectivity index (χ1n) is 6.39. The lowest BCUT2D eigenvalue weighted by Crippen LogP contribution is -2.20. The Hall–Kier alpha value is -0.860. The van der Waals surface area contributed by atoms with E-state index in [1.807, 2.05) is 0 Å². The van der Waals surface area contributed by atoms with Gasteiger partial charge in [-0.25, -0.2) is 4.39 Å². The molecular weight excluding hydrogens is 249 g/mol. The maximum atomic E-state index is 12.9. The summed E-state index contributed by atoms with van der Waals surface area (Å²) in [4.78, 5) is 0. The minimum Gasteiger partial charge on any atom is -0.316 e. The van der Waals surface area contributed by atoms with Crippen molar-refractivity contribution in [2.45, 2.75) is 26.7 Å². The van der Waals surface area contributed by atoms with Crippen molar-refractivity contribution >= 4 is 11.6 Å². The van der Waals surface area contributed by atoms with Gasteiger partial charge in [0.25, 0.3) is 0 Å². The van der Waals surface area contributed by atoms with Crippen LogP contribution in [0.5, 0.6) is 0 Å². The van der Waals surface area contributed by atoms with Crippen molar-refractivity contribution < 1.29 is 4.39 Å². The quantitative estimate of drug-likeness (QED) is 0.577. The first-order valence-corrected chi connectivity index (χ1v) is 6.77. The number of nitrogens with one attached hydrogen (secondary N) is 1. The van der Waals surface area contributed by atoms with Crippen LogP contribution in [0.2, 0.25) is 5.02 Å². The van der Waals surface area contributed by atoms with Gasteiger partial charge in [-0.15, -0.1) is 0 Å². The SMILES string of the molecule is CC(C)CNCC/C=C/Cc1ccc(F)c(Cl)c1. The normalized spacial score (nSPS) is 11.6. The van der Waals surface area contributed by atoms with Crippen molar-refractivity contribution in [3.8, 4) is 0 Å². The van der Waals surface area contributed by atoms with E-state index in [2.05, 4.69) is 31.3 Å². The van der Waals surface area contributed by atoms with Crippen LogP contribution in [0.4, 0.5) is 4.39 Å². The Kier molecular flexibility index (Phi) is 6.99. The van der Waals surface area contributed by atoms with Crippen LogP contribution in [0, 0.1) is 11.7 Å². The third-order valence-corrected chi connectivity index (χ3v) is 2.83. The second kappa shape index (κ2) is 8.28. The molecule has 0 unspecified atom stereocenters. The van der Waals surface area contributed by atoms with Crippen molar-refractivity contribution in [3.63, 3.8) is 0 Å². The van der Waals surface area contributed by atoms with E-state index in [1.54, 1.807) is 12.1 Å². The fourth-order valence-corrected chi connectivity index (χ4v) is 1.78. The van der Waals surface area contributed by atoms with Gasteiger partial charge in [-0.05, 0) is 49.5 Å². The molecule has 0 saturated heterocycles. The number of allylic oxidation sites excluding steroid dienone is 1. The average molecular weight is 270 g/mol. The van der Waals surface area contributed by atoms with Crippen molar-refractivity contribution in [2.24, 2.45) is 5.92 Å². The molecule has 0 fully saturated rings. The molecule has 1 aromatic rings. The van der Waals surface area contributed by atoms with Crippen molar-refractivity contribution in [1.29, 1.82) is 0 Å². The molecule has 0 saturated carbocycles. The smallest absolute Gasteiger partial charge is 0.141 e. The monoisotopic (exact) mass is 269 g/mol. The Morgan fingerprint density at radius 2 is 2.11 bits per heavy atom. The van der Waals surface area contributed by atoms with E-state index < -0.39 is 0 Å². The van der Waals surface area contributed by atoms with Crippen molar-refractivity contribution in [1.82, 2.24) is 5.32 Å². The van der Waals surface area contributed by atoms with E-state index in [9.17, 15) is 4.39 Å². The lowest BCUT2D eigenvalue weighted by atomic mass is 10.1. The number of hydrogen-bond donors (Lipinski definition) is 1. The molecule has 1 N–H and O–H groups in total. The summed E-state index contributed by atoms with van der Waals surface area (Å²) in [6, 6.07) is 4.86. The molecule has 18 heavy (non-hydrogen) atoms. The van der Waals surface area contributed by atoms with E-state index in [0.29, 0.717) is 5.92 Å². The topological polar surface area (TPSA) is 12.0 Å². The second-order valence-electron chi connectivity index (χ2n) is 4.81. The lowest BCUT2D eigenvalue weighted by molar-refractivity contribution is 0.556. The number of rotatable bonds is 7. The van der Waals surface area contributed by atoms with Gasteiger partial charge < -0.3 is 5.32 Å². The Morgan fingerprint density at radius 3 is 2.78 bits per heavy atom. The number of benzene rings is 1. The summed E-state index contributed by atoms with van der Waals surface area (Å²) in [5.41, 5.74) is 1.03. The van der Waals surface area contributed by atoms with Crippen LogP contribution in [-0.2, 0) is 6.42 Å². The Balaban J connectivity index is 2.21. The largest absolute Gasteiger partial charge is 0.316 e. The fourth-order valence-electron chi connectivity index (χ4n) is 1.58. The van der Waals surface area contributed by atoms with E-state index in [0.717, 1.165) is 31.5 Å². The second-order valence-corrected chi connectivity index (χ2v) is 5.22. The summed E-state index contributed by atoms with van der Waals surface area (Å²) < 4.78 is 12.9. The van der Waals surface area contributed by atoms with Gasteiger partial charge in [-0.3, -0.25) is 0 Å². The molecule has 1 rings (SSSR count). The molecule has 0 aliphatic rings. The third-order valence-electron chi connectivity index (χ3n) is 2.54. The Morgan fingerprint density at radius 1 is 1.33 bits per heavy atom. The van der Waals surface area contributed by atoms with Gasteiger partial charge in [0.2, 0.25) is 0 Å². The first-order chi connectivity index (χ1) is 8.59.